The number of aliphatic hydroxyl groups excluding tert-OH is 1. The molecule has 1 unspecified atom stereocenters. The lowest BCUT2D eigenvalue weighted by Crippen LogP contribution is -2.46. The molecular formula is C26H40N2O6S. The van der Waals surface area contributed by atoms with Gasteiger partial charge in [-0.15, -0.1) is 0 Å². The van der Waals surface area contributed by atoms with E-state index in [1.54, 1.807) is 12.1 Å². The Morgan fingerprint density at radius 2 is 1.74 bits per heavy atom. The van der Waals surface area contributed by atoms with Crippen LogP contribution in [0.2, 0.25) is 0 Å². The molecule has 2 fully saturated rings. The van der Waals surface area contributed by atoms with E-state index in [1.807, 2.05) is 6.07 Å². The smallest absolute Gasteiger partial charge is 0.220 e. The van der Waals surface area contributed by atoms with E-state index in [9.17, 15) is 18.3 Å². The fraction of sp³-hybridized carbons (Fsp3) is 0.731. The summed E-state index contributed by atoms with van der Waals surface area (Å²) in [6, 6.07) is 4.94. The van der Waals surface area contributed by atoms with Gasteiger partial charge in [0.1, 0.15) is 19.3 Å². The van der Waals surface area contributed by atoms with Crippen molar-refractivity contribution in [2.45, 2.75) is 81.6 Å². The topological polar surface area (TPSA) is 105 Å². The van der Waals surface area contributed by atoms with Gasteiger partial charge >= 0.3 is 0 Å². The van der Waals surface area contributed by atoms with Crippen molar-refractivity contribution in [3.05, 3.63) is 23.8 Å². The zero-order chi connectivity index (χ0) is 24.7. The Labute approximate surface area is 209 Å². The number of sulfone groups is 1. The number of carbonyl (C=O) groups is 1. The summed E-state index contributed by atoms with van der Waals surface area (Å²) < 4.78 is 36.4. The summed E-state index contributed by atoms with van der Waals surface area (Å²) in [6.45, 7) is 3.46. The Hall–Kier alpha value is -1.84. The Morgan fingerprint density at radius 3 is 2.49 bits per heavy atom. The largest absolute Gasteiger partial charge is 0.486 e. The molecule has 2 heterocycles. The summed E-state index contributed by atoms with van der Waals surface area (Å²) in [5, 5.41) is 14.0. The number of nitrogens with one attached hydrogen (secondary N) is 1. The molecule has 1 amide bonds. The maximum Gasteiger partial charge on any atom is 0.220 e. The van der Waals surface area contributed by atoms with Crippen molar-refractivity contribution in [2.24, 2.45) is 0 Å². The van der Waals surface area contributed by atoms with Crippen molar-refractivity contribution in [2.75, 3.05) is 38.6 Å². The van der Waals surface area contributed by atoms with Gasteiger partial charge in [-0.2, -0.15) is 0 Å². The summed E-state index contributed by atoms with van der Waals surface area (Å²) in [5.74, 6) is 1.27. The number of fused-ring (bicyclic) bond motifs is 1. The molecule has 196 valence electrons. The van der Waals surface area contributed by atoms with Crippen LogP contribution in [0.15, 0.2) is 18.2 Å². The van der Waals surface area contributed by atoms with Crippen molar-refractivity contribution < 1.29 is 27.8 Å². The predicted molar refractivity (Wildman–Crippen MR) is 135 cm³/mol. The van der Waals surface area contributed by atoms with Gasteiger partial charge in [-0.05, 0) is 69.3 Å². The van der Waals surface area contributed by atoms with E-state index >= 15 is 0 Å². The number of unbranched alkanes of at least 4 members (excludes halogenated alkanes) is 1. The molecular weight excluding hydrogens is 468 g/mol. The van der Waals surface area contributed by atoms with Crippen LogP contribution in [0.5, 0.6) is 11.5 Å². The van der Waals surface area contributed by atoms with Crippen molar-refractivity contribution in [3.63, 3.8) is 0 Å². The molecule has 1 aromatic carbocycles. The number of likely N-dealkylation sites (tertiary alicyclic amines) is 1. The lowest BCUT2D eigenvalue weighted by Gasteiger charge is -2.29. The molecule has 35 heavy (non-hydrogen) atoms. The highest BCUT2D eigenvalue weighted by Gasteiger charge is 2.29. The number of rotatable bonds is 11. The molecule has 1 saturated carbocycles. The number of amides is 1. The van der Waals surface area contributed by atoms with E-state index in [-0.39, 0.29) is 23.3 Å². The Kier molecular flexibility index (Phi) is 9.30. The summed E-state index contributed by atoms with van der Waals surface area (Å²) in [7, 11) is -3.08. The van der Waals surface area contributed by atoms with Gasteiger partial charge in [0, 0.05) is 13.0 Å². The second kappa shape index (κ2) is 12.4. The van der Waals surface area contributed by atoms with Gasteiger partial charge in [0.25, 0.3) is 0 Å². The highest BCUT2D eigenvalue weighted by molar-refractivity contribution is 7.92. The van der Waals surface area contributed by atoms with Crippen molar-refractivity contribution in [1.29, 1.82) is 0 Å². The molecule has 9 heteroatoms. The SMILES string of the molecule is O=C(CCCCS(=O)(=O)C1CCCCC1)N[C@H](CN1CCCC1)C(O)c1ccc2c(c1)OCCO2. The standard InChI is InChI=1S/C26H40N2O6S/c29-25(10-4-7-17-35(31,32)21-8-2-1-3-9-21)27-22(19-28-13-5-6-14-28)26(30)20-11-12-23-24(18-20)34-16-15-33-23/h11-12,18,21-22,26,30H,1-10,13-17,19H2,(H,27,29)/t22-,26?/m1/s1. The van der Waals surface area contributed by atoms with Crippen LogP contribution in [0.25, 0.3) is 0 Å². The third kappa shape index (κ3) is 7.33. The van der Waals surface area contributed by atoms with Crippen LogP contribution in [0.3, 0.4) is 0 Å². The number of benzene rings is 1. The first-order valence-electron chi connectivity index (χ1n) is 13.2. The lowest BCUT2D eigenvalue weighted by atomic mass is 10.0. The third-order valence-electron chi connectivity index (χ3n) is 7.43. The van der Waals surface area contributed by atoms with Gasteiger partial charge in [0.15, 0.2) is 21.3 Å². The molecule has 3 aliphatic rings. The first-order valence-corrected chi connectivity index (χ1v) is 14.9. The van der Waals surface area contributed by atoms with Crippen LogP contribution >= 0.6 is 0 Å². The molecule has 2 aliphatic heterocycles. The summed E-state index contributed by atoms with van der Waals surface area (Å²) >= 11 is 0. The number of ether oxygens (including phenoxy) is 2. The van der Waals surface area contributed by atoms with Gasteiger partial charge in [0.05, 0.1) is 17.0 Å². The maximum atomic E-state index is 12.8. The van der Waals surface area contributed by atoms with E-state index in [0.29, 0.717) is 49.7 Å². The van der Waals surface area contributed by atoms with Crippen LogP contribution in [-0.2, 0) is 14.6 Å². The van der Waals surface area contributed by atoms with Gasteiger partial charge in [-0.1, -0.05) is 25.3 Å². The van der Waals surface area contributed by atoms with Crippen LogP contribution in [0.4, 0.5) is 0 Å². The number of carbonyl (C=O) groups excluding carboxylic acids is 1. The van der Waals surface area contributed by atoms with E-state index in [2.05, 4.69) is 10.2 Å². The van der Waals surface area contributed by atoms with Crippen molar-refractivity contribution in [1.82, 2.24) is 10.2 Å². The molecule has 0 bridgehead atoms. The zero-order valence-electron chi connectivity index (χ0n) is 20.6. The second-order valence-corrected chi connectivity index (χ2v) is 12.5. The highest BCUT2D eigenvalue weighted by Crippen LogP contribution is 2.33. The lowest BCUT2D eigenvalue weighted by molar-refractivity contribution is -0.123. The number of nitrogens with zero attached hydrogens (tertiary/aromatic N) is 1. The average molecular weight is 509 g/mol. The van der Waals surface area contributed by atoms with E-state index < -0.39 is 22.0 Å². The molecule has 0 spiro atoms. The average Bonchev–Trinajstić information content (AvgIpc) is 3.39. The summed E-state index contributed by atoms with van der Waals surface area (Å²) in [6.07, 6.45) is 7.30. The van der Waals surface area contributed by atoms with Crippen LogP contribution < -0.4 is 14.8 Å². The monoisotopic (exact) mass is 508 g/mol. The fourth-order valence-electron chi connectivity index (χ4n) is 5.40. The van der Waals surface area contributed by atoms with E-state index in [0.717, 1.165) is 58.0 Å². The first-order chi connectivity index (χ1) is 16.9. The Bertz CT molecular complexity index is 941. The van der Waals surface area contributed by atoms with E-state index in [1.165, 1.54) is 0 Å². The third-order valence-corrected chi connectivity index (χ3v) is 9.78. The molecule has 2 atom stereocenters. The molecule has 8 nitrogen and oxygen atoms in total. The molecule has 1 aliphatic carbocycles. The van der Waals surface area contributed by atoms with E-state index in [4.69, 9.17) is 9.47 Å². The molecule has 1 saturated heterocycles. The van der Waals surface area contributed by atoms with Gasteiger partial charge in [0.2, 0.25) is 5.91 Å². The Morgan fingerprint density at radius 1 is 1.03 bits per heavy atom. The number of hydrogen-bond acceptors (Lipinski definition) is 7. The van der Waals surface area contributed by atoms with Gasteiger partial charge < -0.3 is 24.8 Å². The normalized spacial score (nSPS) is 20.9. The summed E-state index contributed by atoms with van der Waals surface area (Å²) in [5.41, 5.74) is 0.678. The highest BCUT2D eigenvalue weighted by atomic mass is 32.2. The molecule has 2 N–H and O–H groups in total. The van der Waals surface area contributed by atoms with Crippen LogP contribution in [0.1, 0.15) is 75.9 Å². The zero-order valence-corrected chi connectivity index (χ0v) is 21.4. The first kappa shape index (κ1) is 26.2. The minimum Gasteiger partial charge on any atom is -0.486 e. The van der Waals surface area contributed by atoms with Crippen molar-refractivity contribution in [3.8, 4) is 11.5 Å². The molecule has 0 aromatic heterocycles. The minimum absolute atomic E-state index is 0.152. The maximum absolute atomic E-state index is 12.8. The number of aliphatic hydroxyl groups is 1. The van der Waals surface area contributed by atoms with Gasteiger partial charge in [-0.25, -0.2) is 8.42 Å². The van der Waals surface area contributed by atoms with Gasteiger partial charge in [-0.3, -0.25) is 4.79 Å². The molecule has 1 aromatic rings. The quantitative estimate of drug-likeness (QED) is 0.443. The van der Waals surface area contributed by atoms with Crippen LogP contribution in [0, 0.1) is 0 Å². The Balaban J connectivity index is 1.31. The predicted octanol–water partition coefficient (Wildman–Crippen LogP) is 2.99. The molecule has 0 radical (unpaired) electrons. The van der Waals surface area contributed by atoms with Crippen LogP contribution in [-0.4, -0.2) is 74.2 Å². The minimum atomic E-state index is -3.08. The molecule has 4 rings (SSSR count). The number of hydrogen-bond donors (Lipinski definition) is 2. The second-order valence-electron chi connectivity index (χ2n) is 10.1. The fourth-order valence-corrected chi connectivity index (χ4v) is 7.39. The summed E-state index contributed by atoms with van der Waals surface area (Å²) in [4.78, 5) is 15.1. The van der Waals surface area contributed by atoms with Crippen molar-refractivity contribution >= 4 is 15.7 Å².